The first kappa shape index (κ1) is 20.8. The highest BCUT2D eigenvalue weighted by Gasteiger charge is 2.30. The average molecular weight is 422 g/mol. The van der Waals surface area contributed by atoms with E-state index in [1.807, 2.05) is 12.1 Å². The molecule has 0 aliphatic heterocycles. The lowest BCUT2D eigenvalue weighted by Gasteiger charge is -2.11. The molecule has 2 aromatic carbocycles. The Morgan fingerprint density at radius 2 is 1.72 bits per heavy atom. The monoisotopic (exact) mass is 422 g/mol. The van der Waals surface area contributed by atoms with Crippen molar-refractivity contribution in [2.75, 3.05) is 0 Å². The van der Waals surface area contributed by atoms with Gasteiger partial charge >= 0.3 is 6.18 Å². The molecule has 29 heavy (non-hydrogen) atoms. The van der Waals surface area contributed by atoms with Gasteiger partial charge in [-0.15, -0.1) is 0 Å². The van der Waals surface area contributed by atoms with E-state index in [1.54, 1.807) is 36.5 Å². The number of ether oxygens (including phenoxy) is 1. The number of halogens is 3. The van der Waals surface area contributed by atoms with Gasteiger partial charge in [-0.2, -0.15) is 13.2 Å². The van der Waals surface area contributed by atoms with Gasteiger partial charge in [0.15, 0.2) is 0 Å². The lowest BCUT2D eigenvalue weighted by Crippen LogP contribution is -2.23. The van der Waals surface area contributed by atoms with E-state index < -0.39 is 21.8 Å². The van der Waals surface area contributed by atoms with Crippen LogP contribution >= 0.6 is 0 Å². The van der Waals surface area contributed by atoms with E-state index in [0.717, 1.165) is 30.0 Å². The number of nitrogens with zero attached hydrogens (tertiary/aromatic N) is 1. The number of rotatable bonds is 7. The van der Waals surface area contributed by atoms with Crippen LogP contribution in [-0.4, -0.2) is 13.4 Å². The molecule has 0 aliphatic rings. The van der Waals surface area contributed by atoms with Crippen molar-refractivity contribution < 1.29 is 26.3 Å². The summed E-state index contributed by atoms with van der Waals surface area (Å²) in [4.78, 5) is 3.91. The molecule has 0 aliphatic carbocycles. The second-order valence-electron chi connectivity index (χ2n) is 6.10. The van der Waals surface area contributed by atoms with Gasteiger partial charge in [0.05, 0.1) is 16.2 Å². The maximum atomic E-state index is 12.6. The number of alkyl halides is 3. The molecule has 3 aromatic rings. The fourth-order valence-corrected chi connectivity index (χ4v) is 3.49. The van der Waals surface area contributed by atoms with Gasteiger partial charge in [0, 0.05) is 12.7 Å². The number of hydrogen-bond acceptors (Lipinski definition) is 4. The largest absolute Gasteiger partial charge is 0.487 e. The van der Waals surface area contributed by atoms with E-state index in [-0.39, 0.29) is 18.0 Å². The first-order valence-corrected chi connectivity index (χ1v) is 10.0. The van der Waals surface area contributed by atoms with Gasteiger partial charge in [0.1, 0.15) is 12.4 Å². The van der Waals surface area contributed by atoms with Crippen molar-refractivity contribution in [1.29, 1.82) is 0 Å². The van der Waals surface area contributed by atoms with E-state index in [4.69, 9.17) is 4.74 Å². The Hall–Kier alpha value is -2.91. The van der Waals surface area contributed by atoms with Gasteiger partial charge < -0.3 is 4.74 Å². The molecule has 5 nitrogen and oxygen atoms in total. The highest BCUT2D eigenvalue weighted by Crippen LogP contribution is 2.29. The smallest absolute Gasteiger partial charge is 0.416 e. The minimum atomic E-state index is -4.52. The summed E-state index contributed by atoms with van der Waals surface area (Å²) in [6.45, 7) is 0.228. The maximum Gasteiger partial charge on any atom is 0.416 e. The average Bonchev–Trinajstić information content (AvgIpc) is 2.71. The van der Waals surface area contributed by atoms with Gasteiger partial charge in [-0.05, 0) is 54.1 Å². The summed E-state index contributed by atoms with van der Waals surface area (Å²) >= 11 is 0. The normalized spacial score (nSPS) is 12.0. The molecule has 0 spiro atoms. The third-order valence-electron chi connectivity index (χ3n) is 3.97. The molecule has 0 radical (unpaired) electrons. The summed E-state index contributed by atoms with van der Waals surface area (Å²) < 4.78 is 70.5. The van der Waals surface area contributed by atoms with E-state index in [9.17, 15) is 21.6 Å². The predicted octanol–water partition coefficient (Wildman–Crippen LogP) is 4.16. The fourth-order valence-electron chi connectivity index (χ4n) is 2.47. The van der Waals surface area contributed by atoms with Crippen molar-refractivity contribution in [2.45, 2.75) is 24.2 Å². The predicted molar refractivity (Wildman–Crippen MR) is 100 cm³/mol. The second-order valence-corrected chi connectivity index (χ2v) is 7.87. The molecule has 0 saturated carbocycles. The molecule has 9 heteroatoms. The van der Waals surface area contributed by atoms with E-state index in [2.05, 4.69) is 9.71 Å². The van der Waals surface area contributed by atoms with Crippen LogP contribution in [0.15, 0.2) is 77.8 Å². The van der Waals surface area contributed by atoms with E-state index >= 15 is 0 Å². The van der Waals surface area contributed by atoms with Crippen LogP contribution < -0.4 is 9.46 Å². The van der Waals surface area contributed by atoms with E-state index in [1.165, 1.54) is 0 Å². The Bertz CT molecular complexity index is 1050. The molecule has 0 saturated heterocycles. The highest BCUT2D eigenvalue weighted by molar-refractivity contribution is 7.89. The van der Waals surface area contributed by atoms with Crippen LogP contribution in [-0.2, 0) is 29.4 Å². The summed E-state index contributed by atoms with van der Waals surface area (Å²) in [6.07, 6.45) is -2.86. The molecular formula is C20H17F3N2O3S. The van der Waals surface area contributed by atoms with Crippen LogP contribution in [0.5, 0.6) is 5.75 Å². The Labute approximate surface area is 166 Å². The number of aromatic nitrogens is 1. The minimum absolute atomic E-state index is 0.0376. The summed E-state index contributed by atoms with van der Waals surface area (Å²) in [7, 11) is -3.96. The van der Waals surface area contributed by atoms with Crippen LogP contribution in [0.4, 0.5) is 13.2 Å². The summed E-state index contributed by atoms with van der Waals surface area (Å²) in [5.41, 5.74) is 0.481. The molecule has 1 heterocycles. The van der Waals surface area contributed by atoms with Gasteiger partial charge in [-0.1, -0.05) is 18.2 Å². The van der Waals surface area contributed by atoms with Gasteiger partial charge in [-0.3, -0.25) is 4.98 Å². The van der Waals surface area contributed by atoms with Crippen LogP contribution in [0.25, 0.3) is 0 Å². The Kier molecular flexibility index (Phi) is 6.19. The molecule has 1 aromatic heterocycles. The molecule has 0 amide bonds. The molecule has 152 valence electrons. The standard InChI is InChI=1S/C20H17F3N2O3S/c21-20(22,23)16-7-9-19(10-8-16)29(26,27)25-13-15-4-3-6-18(12-15)28-14-17-5-1-2-11-24-17/h1-12,25H,13-14H2. The zero-order valence-corrected chi connectivity index (χ0v) is 15.9. The zero-order valence-electron chi connectivity index (χ0n) is 15.1. The maximum absolute atomic E-state index is 12.6. The number of sulfonamides is 1. The van der Waals surface area contributed by atoms with Crippen molar-refractivity contribution in [3.8, 4) is 5.75 Å². The fraction of sp³-hybridized carbons (Fsp3) is 0.150. The minimum Gasteiger partial charge on any atom is -0.487 e. The molecular weight excluding hydrogens is 405 g/mol. The summed E-state index contributed by atoms with van der Waals surface area (Å²) in [6, 6.07) is 15.6. The third kappa shape index (κ3) is 5.78. The first-order valence-electron chi connectivity index (χ1n) is 8.53. The van der Waals surface area contributed by atoms with Gasteiger partial charge in [-0.25, -0.2) is 13.1 Å². The Morgan fingerprint density at radius 1 is 0.966 bits per heavy atom. The van der Waals surface area contributed by atoms with Crippen LogP contribution in [0.1, 0.15) is 16.8 Å². The van der Waals surface area contributed by atoms with Crippen molar-refractivity contribution in [2.24, 2.45) is 0 Å². The third-order valence-corrected chi connectivity index (χ3v) is 5.39. The zero-order chi connectivity index (χ0) is 20.9. The van der Waals surface area contributed by atoms with Crippen LogP contribution in [0.3, 0.4) is 0 Å². The van der Waals surface area contributed by atoms with Crippen molar-refractivity contribution in [3.05, 3.63) is 89.7 Å². The van der Waals surface area contributed by atoms with Crippen LogP contribution in [0, 0.1) is 0 Å². The second kappa shape index (κ2) is 8.62. The lowest BCUT2D eigenvalue weighted by molar-refractivity contribution is -0.137. The SMILES string of the molecule is O=S(=O)(NCc1cccc(OCc2ccccn2)c1)c1ccc(C(F)(F)F)cc1. The highest BCUT2D eigenvalue weighted by atomic mass is 32.2. The molecule has 0 fully saturated rings. The Morgan fingerprint density at radius 3 is 2.38 bits per heavy atom. The van der Waals surface area contributed by atoms with Crippen LogP contribution in [0.2, 0.25) is 0 Å². The lowest BCUT2D eigenvalue weighted by atomic mass is 10.2. The first-order chi connectivity index (χ1) is 13.7. The Balaban J connectivity index is 1.63. The summed E-state index contributed by atoms with van der Waals surface area (Å²) in [5, 5.41) is 0. The van der Waals surface area contributed by atoms with Gasteiger partial charge in [0.25, 0.3) is 0 Å². The molecule has 1 N–H and O–H groups in total. The summed E-state index contributed by atoms with van der Waals surface area (Å²) in [5.74, 6) is 0.543. The molecule has 3 rings (SSSR count). The number of hydrogen-bond donors (Lipinski definition) is 1. The number of pyridine rings is 1. The number of benzene rings is 2. The molecule has 0 bridgehead atoms. The van der Waals surface area contributed by atoms with Crippen molar-refractivity contribution in [1.82, 2.24) is 9.71 Å². The van der Waals surface area contributed by atoms with Crippen molar-refractivity contribution >= 4 is 10.0 Å². The van der Waals surface area contributed by atoms with Crippen molar-refractivity contribution in [3.63, 3.8) is 0 Å². The number of nitrogens with one attached hydrogen (secondary N) is 1. The topological polar surface area (TPSA) is 68.3 Å². The molecule has 0 atom stereocenters. The quantitative estimate of drug-likeness (QED) is 0.621. The van der Waals surface area contributed by atoms with Gasteiger partial charge in [0.2, 0.25) is 10.0 Å². The molecule has 0 unspecified atom stereocenters. The van der Waals surface area contributed by atoms with E-state index in [0.29, 0.717) is 11.3 Å².